The Balaban J connectivity index is 1.88. The van der Waals surface area contributed by atoms with Gasteiger partial charge in [0.25, 0.3) is 11.8 Å². The molecule has 0 atom stereocenters. The monoisotopic (exact) mass is 422 g/mol. The molecule has 1 aliphatic rings. The molecule has 150 valence electrons. The van der Waals surface area contributed by atoms with Crippen molar-refractivity contribution in [2.45, 2.75) is 31.2 Å². The number of alkyl halides is 6. The van der Waals surface area contributed by atoms with Gasteiger partial charge in [0.1, 0.15) is 5.00 Å². The number of anilines is 1. The Morgan fingerprint density at radius 2 is 1.50 bits per heavy atom. The van der Waals surface area contributed by atoms with Crippen molar-refractivity contribution < 1.29 is 35.9 Å². The highest BCUT2D eigenvalue weighted by atomic mass is 32.1. The van der Waals surface area contributed by atoms with Crippen molar-refractivity contribution in [3.8, 4) is 0 Å². The number of thiophene rings is 1. The number of carbonyl (C=O) groups excluding carboxylic acids is 2. The third-order valence-corrected chi connectivity index (χ3v) is 4.73. The van der Waals surface area contributed by atoms with E-state index >= 15 is 0 Å². The minimum Gasteiger partial charge on any atom is -0.349 e. The molecule has 1 fully saturated rings. The van der Waals surface area contributed by atoms with Crippen molar-refractivity contribution in [1.29, 1.82) is 0 Å². The molecule has 0 unspecified atom stereocenters. The van der Waals surface area contributed by atoms with Crippen LogP contribution in [0.15, 0.2) is 29.6 Å². The standard InChI is InChI=1S/C17H12F6N2O2S/c18-16(19,20)9-5-8(6-10(7-9)17(21,22)23)13(26)25-15-12(3-4-28-15)14(27)24-11-1-2-11/h3-7,11H,1-2H2,(H,24,27)(H,25,26). The van der Waals surface area contributed by atoms with Crippen LogP contribution in [0.3, 0.4) is 0 Å². The Morgan fingerprint density at radius 3 is 2.00 bits per heavy atom. The largest absolute Gasteiger partial charge is 0.416 e. The third-order valence-electron chi connectivity index (χ3n) is 3.90. The van der Waals surface area contributed by atoms with Crippen LogP contribution in [0.5, 0.6) is 0 Å². The summed E-state index contributed by atoms with van der Waals surface area (Å²) in [6.07, 6.45) is -8.48. The molecule has 1 aliphatic carbocycles. The predicted octanol–water partition coefficient (Wildman–Crippen LogP) is 4.93. The molecule has 1 aromatic carbocycles. The first-order valence-corrected chi connectivity index (χ1v) is 8.82. The van der Waals surface area contributed by atoms with Crippen LogP contribution in [-0.4, -0.2) is 17.9 Å². The molecule has 0 saturated heterocycles. The highest BCUT2D eigenvalue weighted by Crippen LogP contribution is 2.36. The lowest BCUT2D eigenvalue weighted by molar-refractivity contribution is -0.143. The first-order chi connectivity index (χ1) is 12.9. The summed E-state index contributed by atoms with van der Waals surface area (Å²) >= 11 is 0.931. The number of rotatable bonds is 4. The van der Waals surface area contributed by atoms with E-state index in [0.29, 0.717) is 12.1 Å². The van der Waals surface area contributed by atoms with Crippen LogP contribution in [0.2, 0.25) is 0 Å². The maximum absolute atomic E-state index is 12.9. The van der Waals surface area contributed by atoms with Crippen molar-refractivity contribution >= 4 is 28.2 Å². The molecule has 1 saturated carbocycles. The van der Waals surface area contributed by atoms with E-state index in [1.165, 1.54) is 11.4 Å². The Bertz CT molecular complexity index is 883. The molecule has 3 rings (SSSR count). The van der Waals surface area contributed by atoms with Gasteiger partial charge in [-0.25, -0.2) is 0 Å². The fourth-order valence-corrected chi connectivity index (χ4v) is 3.12. The molecule has 2 amide bonds. The van der Waals surface area contributed by atoms with Gasteiger partial charge in [-0.1, -0.05) is 0 Å². The molecule has 2 aromatic rings. The second kappa shape index (κ2) is 7.12. The zero-order valence-corrected chi connectivity index (χ0v) is 14.7. The van der Waals surface area contributed by atoms with Gasteiger partial charge in [-0.2, -0.15) is 26.3 Å². The second-order valence-electron chi connectivity index (χ2n) is 6.16. The van der Waals surface area contributed by atoms with E-state index in [2.05, 4.69) is 10.6 Å². The Kier molecular flexibility index (Phi) is 5.13. The van der Waals surface area contributed by atoms with Crippen molar-refractivity contribution in [2.24, 2.45) is 0 Å². The molecular formula is C17H12F6N2O2S. The van der Waals surface area contributed by atoms with Gasteiger partial charge in [-0.05, 0) is 42.5 Å². The molecule has 0 bridgehead atoms. The van der Waals surface area contributed by atoms with Crippen molar-refractivity contribution in [3.63, 3.8) is 0 Å². The minimum atomic E-state index is -5.06. The van der Waals surface area contributed by atoms with Crippen LogP contribution >= 0.6 is 11.3 Å². The van der Waals surface area contributed by atoms with E-state index in [1.54, 1.807) is 0 Å². The number of hydrogen-bond donors (Lipinski definition) is 2. The van der Waals surface area contributed by atoms with E-state index in [9.17, 15) is 35.9 Å². The fourth-order valence-electron chi connectivity index (χ4n) is 2.34. The maximum atomic E-state index is 12.9. The summed E-state index contributed by atoms with van der Waals surface area (Å²) in [4.78, 5) is 24.4. The zero-order chi connectivity index (χ0) is 20.7. The van der Waals surface area contributed by atoms with Crippen LogP contribution in [0.1, 0.15) is 44.7 Å². The fraction of sp³-hybridized carbons (Fsp3) is 0.294. The number of halogens is 6. The number of carbonyl (C=O) groups is 2. The lowest BCUT2D eigenvalue weighted by Crippen LogP contribution is -2.26. The van der Waals surface area contributed by atoms with Crippen LogP contribution in [0, 0.1) is 0 Å². The van der Waals surface area contributed by atoms with Gasteiger partial charge < -0.3 is 10.6 Å². The summed E-state index contributed by atoms with van der Waals surface area (Å²) in [5.41, 5.74) is -3.91. The first-order valence-electron chi connectivity index (χ1n) is 7.94. The Hall–Kier alpha value is -2.56. The van der Waals surface area contributed by atoms with Crippen LogP contribution in [0.25, 0.3) is 0 Å². The number of amides is 2. The summed E-state index contributed by atoms with van der Waals surface area (Å²) in [5.74, 6) is -1.65. The molecule has 2 N–H and O–H groups in total. The summed E-state index contributed by atoms with van der Waals surface area (Å²) in [6, 6.07) is 2.06. The second-order valence-corrected chi connectivity index (χ2v) is 7.08. The summed E-state index contributed by atoms with van der Waals surface area (Å²) < 4.78 is 77.5. The lowest BCUT2D eigenvalue weighted by atomic mass is 10.0. The summed E-state index contributed by atoms with van der Waals surface area (Å²) in [7, 11) is 0. The lowest BCUT2D eigenvalue weighted by Gasteiger charge is -2.14. The van der Waals surface area contributed by atoms with Crippen LogP contribution in [-0.2, 0) is 12.4 Å². The number of benzene rings is 1. The van der Waals surface area contributed by atoms with Gasteiger partial charge in [-0.15, -0.1) is 11.3 Å². The summed E-state index contributed by atoms with van der Waals surface area (Å²) in [5, 5.41) is 6.42. The molecule has 0 aliphatic heterocycles. The average molecular weight is 422 g/mol. The molecule has 11 heteroatoms. The molecule has 4 nitrogen and oxygen atoms in total. The van der Waals surface area contributed by atoms with E-state index < -0.39 is 40.9 Å². The van der Waals surface area contributed by atoms with Crippen LogP contribution in [0.4, 0.5) is 31.3 Å². The minimum absolute atomic E-state index is 0.0359. The normalized spacial score (nSPS) is 14.6. The number of hydrogen-bond acceptors (Lipinski definition) is 3. The topological polar surface area (TPSA) is 58.2 Å². The molecule has 1 aromatic heterocycles. The Labute approximate surface area is 158 Å². The SMILES string of the molecule is O=C(Nc1sccc1C(=O)NC1CC1)c1cc(C(F)(F)F)cc(C(F)(F)F)c1. The third kappa shape index (κ3) is 4.64. The van der Waals surface area contributed by atoms with Crippen molar-refractivity contribution in [3.05, 3.63) is 51.9 Å². The zero-order valence-electron chi connectivity index (χ0n) is 13.9. The smallest absolute Gasteiger partial charge is 0.349 e. The molecule has 0 spiro atoms. The summed E-state index contributed by atoms with van der Waals surface area (Å²) in [6.45, 7) is 0. The van der Waals surface area contributed by atoms with E-state index in [0.717, 1.165) is 24.2 Å². The van der Waals surface area contributed by atoms with Crippen molar-refractivity contribution in [2.75, 3.05) is 5.32 Å². The van der Waals surface area contributed by atoms with Gasteiger partial charge in [0.15, 0.2) is 0 Å². The Morgan fingerprint density at radius 1 is 0.929 bits per heavy atom. The van der Waals surface area contributed by atoms with Gasteiger partial charge in [0.2, 0.25) is 0 Å². The number of nitrogens with one attached hydrogen (secondary N) is 2. The van der Waals surface area contributed by atoms with Gasteiger partial charge >= 0.3 is 12.4 Å². The first kappa shape index (κ1) is 20.2. The molecule has 1 heterocycles. The molecule has 0 radical (unpaired) electrons. The maximum Gasteiger partial charge on any atom is 0.416 e. The van der Waals surface area contributed by atoms with Crippen LogP contribution < -0.4 is 10.6 Å². The van der Waals surface area contributed by atoms with E-state index in [-0.39, 0.29) is 22.7 Å². The van der Waals surface area contributed by atoms with E-state index in [1.807, 2.05) is 0 Å². The van der Waals surface area contributed by atoms with Gasteiger partial charge in [0, 0.05) is 11.6 Å². The van der Waals surface area contributed by atoms with Crippen molar-refractivity contribution in [1.82, 2.24) is 5.32 Å². The predicted molar refractivity (Wildman–Crippen MR) is 89.2 cm³/mol. The highest BCUT2D eigenvalue weighted by Gasteiger charge is 2.37. The molecular weight excluding hydrogens is 410 g/mol. The van der Waals surface area contributed by atoms with E-state index in [4.69, 9.17) is 0 Å². The average Bonchev–Trinajstić information content (AvgIpc) is 3.28. The molecule has 28 heavy (non-hydrogen) atoms. The quantitative estimate of drug-likeness (QED) is 0.687. The van der Waals surface area contributed by atoms with Gasteiger partial charge in [0.05, 0.1) is 16.7 Å². The van der Waals surface area contributed by atoms with Gasteiger partial charge in [-0.3, -0.25) is 9.59 Å². The highest BCUT2D eigenvalue weighted by molar-refractivity contribution is 7.14.